The number of hydrogen-bond donors (Lipinski definition) is 1. The van der Waals surface area contributed by atoms with Crippen molar-refractivity contribution in [2.45, 2.75) is 12.7 Å². The lowest BCUT2D eigenvalue weighted by atomic mass is 10.1. The molecule has 0 spiro atoms. The second kappa shape index (κ2) is 12.4. The van der Waals surface area contributed by atoms with E-state index in [4.69, 9.17) is 5.10 Å². The van der Waals surface area contributed by atoms with Crippen molar-refractivity contribution < 1.29 is 27.6 Å². The van der Waals surface area contributed by atoms with Crippen LogP contribution in [0.3, 0.4) is 0 Å². The molecule has 214 valence electrons. The quantitative estimate of drug-likeness (QED) is 0.278. The third-order valence-corrected chi connectivity index (χ3v) is 6.52. The normalized spacial score (nSPS) is 12.8. The number of nitrogens with zero attached hydrogens (tertiary/aromatic N) is 4. The topological polar surface area (TPSA) is 97.2 Å². The predicted octanol–water partition coefficient (Wildman–Crippen LogP) is 5.45. The Bertz CT molecular complexity index is 1820. The fourth-order valence-electron chi connectivity index (χ4n) is 4.51. The molecule has 11 heteroatoms. The molecule has 0 bridgehead atoms. The highest BCUT2D eigenvalue weighted by molar-refractivity contribution is 5.94. The molecular weight excluding hydrogens is 559 g/mol. The van der Waals surface area contributed by atoms with E-state index in [2.05, 4.69) is 10.3 Å². The van der Waals surface area contributed by atoms with Crippen LogP contribution in [0.4, 0.5) is 18.9 Å². The Morgan fingerprint density at radius 2 is 1.77 bits per heavy atom. The zero-order valence-electron chi connectivity index (χ0n) is 22.4. The van der Waals surface area contributed by atoms with Crippen LogP contribution in [0, 0.1) is 0 Å². The Labute approximate surface area is 243 Å². The first-order chi connectivity index (χ1) is 20.8. The summed E-state index contributed by atoms with van der Waals surface area (Å²) in [6, 6.07) is 18.7. The van der Waals surface area contributed by atoms with Crippen molar-refractivity contribution in [2.75, 3.05) is 11.9 Å². The number of carbonyl (C=O) groups is 1. The van der Waals surface area contributed by atoms with Gasteiger partial charge in [0.2, 0.25) is 5.91 Å². The van der Waals surface area contributed by atoms with Gasteiger partial charge in [-0.25, -0.2) is 9.59 Å². The molecule has 2 aromatic carbocycles. The maximum atomic E-state index is 13.2. The molecule has 1 aliphatic heterocycles. The van der Waals surface area contributed by atoms with E-state index < -0.39 is 24.2 Å². The predicted molar refractivity (Wildman–Crippen MR) is 154 cm³/mol. The Morgan fingerprint density at radius 3 is 2.47 bits per heavy atom. The van der Waals surface area contributed by atoms with Crippen LogP contribution in [0.2, 0.25) is 0 Å². The molecule has 43 heavy (non-hydrogen) atoms. The summed E-state index contributed by atoms with van der Waals surface area (Å²) >= 11 is 0. The molecule has 1 amide bonds. The Hall–Kier alpha value is -5.76. The molecule has 0 atom stereocenters. The van der Waals surface area contributed by atoms with Crippen LogP contribution in [-0.2, 0) is 27.1 Å². The second-order valence-electron chi connectivity index (χ2n) is 9.37. The molecule has 1 aliphatic rings. The van der Waals surface area contributed by atoms with Gasteiger partial charge in [-0.3, -0.25) is 14.5 Å². The molecule has 0 fully saturated rings. The Morgan fingerprint density at radius 1 is 0.953 bits per heavy atom. The van der Waals surface area contributed by atoms with E-state index in [-0.39, 0.29) is 23.5 Å². The van der Waals surface area contributed by atoms with Crippen molar-refractivity contribution in [2.24, 2.45) is 0 Å². The molecule has 0 unspecified atom stereocenters. The number of hydrogen-bond acceptors (Lipinski definition) is 6. The van der Waals surface area contributed by atoms with Gasteiger partial charge in [-0.15, -0.1) is 0 Å². The number of nitrogens with one attached hydrogen (secondary N) is 1. The zero-order valence-corrected chi connectivity index (χ0v) is 22.4. The number of pyridine rings is 1. The minimum Gasteiger partial charge on any atom is -0.325 e. The second-order valence-corrected chi connectivity index (χ2v) is 9.37. The lowest BCUT2D eigenvalue weighted by molar-refractivity contribution is -0.137. The minimum absolute atomic E-state index is 0.0111. The van der Waals surface area contributed by atoms with Gasteiger partial charge in [0, 0.05) is 29.2 Å². The number of halogens is 3. The number of alkyl halides is 3. The summed E-state index contributed by atoms with van der Waals surface area (Å²) in [5.41, 5.74) is 2.05. The maximum Gasteiger partial charge on any atom is 0.416 e. The fourth-order valence-corrected chi connectivity index (χ4v) is 4.51. The SMILES string of the molecule is O=C=C(Cn1nc(-c2ccccc2)cc1C1=CC=CC(=C=O)N1CC(=O)Nc1cccc(C(F)(F)F)c1)c1cccnc1. The molecule has 0 saturated heterocycles. The first kappa shape index (κ1) is 28.8. The van der Waals surface area contributed by atoms with Gasteiger partial charge in [0.25, 0.3) is 0 Å². The molecule has 1 N–H and O–H groups in total. The molecule has 0 saturated carbocycles. The number of aromatic nitrogens is 3. The molecule has 5 rings (SSSR count). The molecule has 0 aliphatic carbocycles. The van der Waals surface area contributed by atoms with Crippen molar-refractivity contribution in [3.8, 4) is 11.3 Å². The average Bonchev–Trinajstić information content (AvgIpc) is 3.44. The van der Waals surface area contributed by atoms with E-state index in [1.54, 1.807) is 41.2 Å². The van der Waals surface area contributed by atoms with Gasteiger partial charge in [-0.1, -0.05) is 48.5 Å². The average molecular weight is 582 g/mol. The third-order valence-electron chi connectivity index (χ3n) is 6.52. The lowest BCUT2D eigenvalue weighted by Crippen LogP contribution is -2.33. The molecule has 0 radical (unpaired) electrons. The van der Waals surface area contributed by atoms with Crippen molar-refractivity contribution >= 4 is 34.7 Å². The Balaban J connectivity index is 1.51. The van der Waals surface area contributed by atoms with Crippen LogP contribution in [0.1, 0.15) is 16.8 Å². The van der Waals surface area contributed by atoms with Gasteiger partial charge in [0.1, 0.15) is 18.2 Å². The number of allylic oxidation sites excluding steroid dienone is 4. The van der Waals surface area contributed by atoms with Crippen LogP contribution in [0.15, 0.2) is 109 Å². The van der Waals surface area contributed by atoms with Crippen LogP contribution >= 0.6 is 0 Å². The largest absolute Gasteiger partial charge is 0.416 e. The molecular formula is C32H22F3N5O3. The Kier molecular flexibility index (Phi) is 8.29. The van der Waals surface area contributed by atoms with E-state index in [1.807, 2.05) is 42.2 Å². The van der Waals surface area contributed by atoms with Gasteiger partial charge >= 0.3 is 6.18 Å². The van der Waals surface area contributed by atoms with Crippen LogP contribution in [0.25, 0.3) is 22.5 Å². The summed E-state index contributed by atoms with van der Waals surface area (Å²) in [5, 5.41) is 7.19. The van der Waals surface area contributed by atoms with E-state index >= 15 is 0 Å². The summed E-state index contributed by atoms with van der Waals surface area (Å²) in [7, 11) is 0. The number of carbonyl (C=O) groups excluding carboxylic acids is 3. The smallest absolute Gasteiger partial charge is 0.325 e. The van der Waals surface area contributed by atoms with Crippen molar-refractivity contribution in [3.63, 3.8) is 0 Å². The number of benzene rings is 2. The van der Waals surface area contributed by atoms with Gasteiger partial charge in [0.05, 0.1) is 34.8 Å². The van der Waals surface area contributed by atoms with Crippen molar-refractivity contribution in [1.82, 2.24) is 19.7 Å². The summed E-state index contributed by atoms with van der Waals surface area (Å²) in [4.78, 5) is 42.5. The summed E-state index contributed by atoms with van der Waals surface area (Å²) in [6.07, 6.45) is 3.25. The van der Waals surface area contributed by atoms with Crippen LogP contribution in [0.5, 0.6) is 0 Å². The summed E-state index contributed by atoms with van der Waals surface area (Å²) in [5.74, 6) is 3.10. The first-order valence-electron chi connectivity index (χ1n) is 12.9. The minimum atomic E-state index is -4.58. The lowest BCUT2D eigenvalue weighted by Gasteiger charge is -2.28. The highest BCUT2D eigenvalue weighted by Gasteiger charge is 2.31. The highest BCUT2D eigenvalue weighted by atomic mass is 19.4. The number of amides is 1. The third kappa shape index (κ3) is 6.60. The highest BCUT2D eigenvalue weighted by Crippen LogP contribution is 2.32. The number of anilines is 1. The van der Waals surface area contributed by atoms with Gasteiger partial charge in [-0.2, -0.15) is 18.3 Å². The molecule has 8 nitrogen and oxygen atoms in total. The summed E-state index contributed by atoms with van der Waals surface area (Å²) in [6.45, 7) is -0.440. The van der Waals surface area contributed by atoms with Crippen molar-refractivity contribution in [1.29, 1.82) is 0 Å². The van der Waals surface area contributed by atoms with E-state index in [0.717, 1.165) is 17.7 Å². The van der Waals surface area contributed by atoms with Crippen LogP contribution < -0.4 is 5.32 Å². The first-order valence-corrected chi connectivity index (χ1v) is 12.9. The molecule has 3 heterocycles. The van der Waals surface area contributed by atoms with Gasteiger partial charge < -0.3 is 10.2 Å². The van der Waals surface area contributed by atoms with Gasteiger partial charge in [-0.05, 0) is 42.5 Å². The van der Waals surface area contributed by atoms with Crippen molar-refractivity contribution in [3.05, 3.63) is 126 Å². The molecule has 2 aromatic heterocycles. The standard InChI is InChI=1S/C32H22F3N5O3/c33-32(34,35)25-10-4-11-26(15-25)37-31(43)19-39-27(21-42)12-5-13-29(39)30-16-28(22-7-2-1-3-8-22)38-40(30)18-24(20-41)23-9-6-14-36-17-23/h1-17H,18-19H2,(H,37,43). The monoisotopic (exact) mass is 581 g/mol. The fraction of sp³-hybridized carbons (Fsp3) is 0.0938. The summed E-state index contributed by atoms with van der Waals surface area (Å²) < 4.78 is 41.1. The zero-order chi connectivity index (χ0) is 30.4. The van der Waals surface area contributed by atoms with Gasteiger partial charge in [0.15, 0.2) is 5.94 Å². The maximum absolute atomic E-state index is 13.2. The molecule has 4 aromatic rings. The van der Waals surface area contributed by atoms with E-state index in [9.17, 15) is 27.6 Å². The van der Waals surface area contributed by atoms with E-state index in [1.165, 1.54) is 29.3 Å². The number of rotatable bonds is 8. The van der Waals surface area contributed by atoms with Crippen LogP contribution in [-0.4, -0.2) is 44.0 Å². The van der Waals surface area contributed by atoms with E-state index in [0.29, 0.717) is 22.6 Å².